The fourth-order valence-corrected chi connectivity index (χ4v) is 4.93. The number of anilines is 1. The number of fused-ring (bicyclic) bond motifs is 2. The minimum Gasteiger partial charge on any atom is -0.493 e. The number of likely N-dealkylation sites (tertiary alicyclic amines) is 1. The van der Waals surface area contributed by atoms with E-state index in [1.807, 2.05) is 0 Å². The molecule has 0 N–H and O–H groups in total. The van der Waals surface area contributed by atoms with Crippen molar-refractivity contribution in [1.82, 2.24) is 4.90 Å². The summed E-state index contributed by atoms with van der Waals surface area (Å²) in [5.74, 6) is 1.60. The average Bonchev–Trinajstić information content (AvgIpc) is 3.39. The summed E-state index contributed by atoms with van der Waals surface area (Å²) in [5.41, 5.74) is 3.82. The molecule has 2 fully saturated rings. The van der Waals surface area contributed by atoms with Gasteiger partial charge in [0.1, 0.15) is 0 Å². The van der Waals surface area contributed by atoms with Crippen molar-refractivity contribution in [2.45, 2.75) is 51.0 Å². The lowest BCUT2D eigenvalue weighted by atomic mass is 9.96. The van der Waals surface area contributed by atoms with Gasteiger partial charge in [0.15, 0.2) is 11.5 Å². The zero-order valence-corrected chi connectivity index (χ0v) is 17.1. The molecule has 4 rings (SSSR count). The van der Waals surface area contributed by atoms with Gasteiger partial charge in [-0.2, -0.15) is 0 Å². The van der Waals surface area contributed by atoms with Gasteiger partial charge in [-0.15, -0.1) is 0 Å². The van der Waals surface area contributed by atoms with Gasteiger partial charge in [-0.05, 0) is 69.7 Å². The number of halogens is 1. The van der Waals surface area contributed by atoms with E-state index in [0.29, 0.717) is 19.1 Å². The quantitative estimate of drug-likeness (QED) is 0.574. The molecule has 0 radical (unpaired) electrons. The van der Waals surface area contributed by atoms with Crippen molar-refractivity contribution in [3.63, 3.8) is 0 Å². The van der Waals surface area contributed by atoms with Crippen LogP contribution in [-0.4, -0.2) is 57.5 Å². The SMILES string of the molecule is COc1cc2c(cc1OCCCN1CCCC1)N(CCCF)C1CCCC1=C2. The fraction of sp³-hybridized carbons (Fsp3) is 0.652. The summed E-state index contributed by atoms with van der Waals surface area (Å²) < 4.78 is 24.7. The van der Waals surface area contributed by atoms with Crippen LogP contribution < -0.4 is 14.4 Å². The Bertz CT molecular complexity index is 700. The summed E-state index contributed by atoms with van der Waals surface area (Å²) in [6, 6.07) is 4.64. The van der Waals surface area contributed by atoms with Crippen LogP contribution in [-0.2, 0) is 0 Å². The van der Waals surface area contributed by atoms with E-state index in [9.17, 15) is 4.39 Å². The van der Waals surface area contributed by atoms with Gasteiger partial charge in [0, 0.05) is 30.4 Å². The third kappa shape index (κ3) is 4.14. The molecule has 3 aliphatic rings. The van der Waals surface area contributed by atoms with Gasteiger partial charge in [0.2, 0.25) is 0 Å². The Morgan fingerprint density at radius 3 is 2.71 bits per heavy atom. The van der Waals surface area contributed by atoms with Crippen LogP contribution in [0.1, 0.15) is 50.5 Å². The first-order valence-electron chi connectivity index (χ1n) is 10.9. The van der Waals surface area contributed by atoms with Gasteiger partial charge in [-0.1, -0.05) is 6.08 Å². The molecule has 0 amide bonds. The van der Waals surface area contributed by atoms with Crippen LogP contribution in [0.3, 0.4) is 0 Å². The predicted molar refractivity (Wildman–Crippen MR) is 112 cm³/mol. The summed E-state index contributed by atoms with van der Waals surface area (Å²) in [7, 11) is 1.70. The minimum absolute atomic E-state index is 0.270. The lowest BCUT2D eigenvalue weighted by molar-refractivity contribution is 0.254. The molecule has 2 heterocycles. The van der Waals surface area contributed by atoms with E-state index in [2.05, 4.69) is 28.0 Å². The summed E-state index contributed by atoms with van der Waals surface area (Å²) in [4.78, 5) is 4.91. The van der Waals surface area contributed by atoms with E-state index < -0.39 is 0 Å². The highest BCUT2D eigenvalue weighted by Crippen LogP contribution is 2.44. The van der Waals surface area contributed by atoms with Crippen molar-refractivity contribution in [2.24, 2.45) is 0 Å². The molecular formula is C23H33FN2O2. The van der Waals surface area contributed by atoms with E-state index in [4.69, 9.17) is 9.47 Å². The first-order chi connectivity index (χ1) is 13.8. The van der Waals surface area contributed by atoms with Gasteiger partial charge in [-0.3, -0.25) is 4.39 Å². The standard InChI is InChI=1S/C23H33FN2O2/c1-27-22-16-19-15-18-7-4-8-20(18)26(13-5-9-24)21(19)17-23(22)28-14-6-12-25-10-2-3-11-25/h15-17,20H,2-14H2,1H3. The van der Waals surface area contributed by atoms with E-state index in [1.165, 1.54) is 49.2 Å². The Morgan fingerprint density at radius 2 is 1.93 bits per heavy atom. The van der Waals surface area contributed by atoms with Gasteiger partial charge in [0.05, 0.1) is 26.4 Å². The molecule has 0 aromatic heterocycles. The molecule has 1 unspecified atom stereocenters. The number of benzene rings is 1. The van der Waals surface area contributed by atoms with Crippen molar-refractivity contribution >= 4 is 11.8 Å². The summed E-state index contributed by atoms with van der Waals surface area (Å²) >= 11 is 0. The Kier molecular flexibility index (Phi) is 6.40. The van der Waals surface area contributed by atoms with Crippen LogP contribution in [0.4, 0.5) is 10.1 Å². The molecule has 154 valence electrons. The Balaban J connectivity index is 1.50. The molecule has 1 aromatic carbocycles. The molecule has 0 spiro atoms. The zero-order valence-electron chi connectivity index (χ0n) is 17.1. The van der Waals surface area contributed by atoms with Crippen LogP contribution in [0.5, 0.6) is 11.5 Å². The Hall–Kier alpha value is -1.75. The van der Waals surface area contributed by atoms with Gasteiger partial charge < -0.3 is 19.3 Å². The highest BCUT2D eigenvalue weighted by atomic mass is 19.1. The molecule has 1 saturated heterocycles. The number of hydrogen-bond donors (Lipinski definition) is 0. The zero-order chi connectivity index (χ0) is 19.3. The summed E-state index contributed by atoms with van der Waals surface area (Å²) in [6.07, 6.45) is 10.1. The summed E-state index contributed by atoms with van der Waals surface area (Å²) in [5, 5.41) is 0. The molecular weight excluding hydrogens is 355 g/mol. The van der Waals surface area contributed by atoms with Crippen molar-refractivity contribution in [2.75, 3.05) is 51.5 Å². The first kappa shape index (κ1) is 19.6. The molecule has 1 atom stereocenters. The number of hydrogen-bond acceptors (Lipinski definition) is 4. The summed E-state index contributed by atoms with van der Waals surface area (Å²) in [6.45, 7) is 4.73. The predicted octanol–water partition coefficient (Wildman–Crippen LogP) is 4.68. The molecule has 1 aromatic rings. The molecule has 5 heteroatoms. The lowest BCUT2D eigenvalue weighted by Crippen LogP contribution is -2.37. The largest absolute Gasteiger partial charge is 0.493 e. The van der Waals surface area contributed by atoms with E-state index in [0.717, 1.165) is 43.9 Å². The second-order valence-corrected chi connectivity index (χ2v) is 8.18. The normalized spacial score (nSPS) is 21.4. The second kappa shape index (κ2) is 9.17. The average molecular weight is 389 g/mol. The van der Waals surface area contributed by atoms with E-state index >= 15 is 0 Å². The number of rotatable bonds is 9. The third-order valence-corrected chi connectivity index (χ3v) is 6.32. The highest BCUT2D eigenvalue weighted by molar-refractivity contribution is 5.78. The van der Waals surface area contributed by atoms with Crippen molar-refractivity contribution in [3.05, 3.63) is 23.3 Å². The number of ether oxygens (including phenoxy) is 2. The molecule has 1 saturated carbocycles. The van der Waals surface area contributed by atoms with Gasteiger partial charge in [-0.25, -0.2) is 0 Å². The second-order valence-electron chi connectivity index (χ2n) is 8.18. The maximum Gasteiger partial charge on any atom is 0.163 e. The van der Waals surface area contributed by atoms with Crippen LogP contribution >= 0.6 is 0 Å². The number of methoxy groups -OCH3 is 1. The van der Waals surface area contributed by atoms with E-state index in [-0.39, 0.29) is 6.67 Å². The molecule has 1 aliphatic carbocycles. The van der Waals surface area contributed by atoms with E-state index in [1.54, 1.807) is 7.11 Å². The van der Waals surface area contributed by atoms with Crippen LogP contribution in [0, 0.1) is 0 Å². The molecule has 4 nitrogen and oxygen atoms in total. The van der Waals surface area contributed by atoms with Crippen molar-refractivity contribution < 1.29 is 13.9 Å². The van der Waals surface area contributed by atoms with Crippen LogP contribution in [0.2, 0.25) is 0 Å². The Morgan fingerprint density at radius 1 is 1.07 bits per heavy atom. The monoisotopic (exact) mass is 388 g/mol. The Labute approximate surface area is 168 Å². The van der Waals surface area contributed by atoms with Crippen LogP contribution in [0.15, 0.2) is 17.7 Å². The number of nitrogens with zero attached hydrogens (tertiary/aromatic N) is 2. The van der Waals surface area contributed by atoms with Gasteiger partial charge >= 0.3 is 0 Å². The molecule has 2 aliphatic heterocycles. The topological polar surface area (TPSA) is 24.9 Å². The lowest BCUT2D eigenvalue weighted by Gasteiger charge is -2.37. The smallest absolute Gasteiger partial charge is 0.163 e. The van der Waals surface area contributed by atoms with Crippen molar-refractivity contribution in [3.8, 4) is 11.5 Å². The maximum absolute atomic E-state index is 12.9. The maximum atomic E-state index is 12.9. The minimum atomic E-state index is -0.270. The van der Waals surface area contributed by atoms with Crippen molar-refractivity contribution in [1.29, 1.82) is 0 Å². The van der Waals surface area contributed by atoms with Gasteiger partial charge in [0.25, 0.3) is 0 Å². The van der Waals surface area contributed by atoms with Crippen LogP contribution in [0.25, 0.3) is 6.08 Å². The number of alkyl halides is 1. The fourth-order valence-electron chi connectivity index (χ4n) is 4.93. The highest BCUT2D eigenvalue weighted by Gasteiger charge is 2.32. The molecule has 28 heavy (non-hydrogen) atoms. The first-order valence-corrected chi connectivity index (χ1v) is 10.9. The molecule has 0 bridgehead atoms. The third-order valence-electron chi connectivity index (χ3n) is 6.32.